The first-order chi connectivity index (χ1) is 8.90. The predicted octanol–water partition coefficient (Wildman–Crippen LogP) is 2.78. The van der Waals surface area contributed by atoms with Gasteiger partial charge in [0.1, 0.15) is 11.5 Å². The van der Waals surface area contributed by atoms with E-state index in [-0.39, 0.29) is 0 Å². The lowest BCUT2D eigenvalue weighted by Gasteiger charge is -1.98. The van der Waals surface area contributed by atoms with Gasteiger partial charge >= 0.3 is 5.97 Å². The van der Waals surface area contributed by atoms with Crippen molar-refractivity contribution < 1.29 is 14.3 Å². The number of allylic oxidation sites excluding steroid dienone is 1. The van der Waals surface area contributed by atoms with E-state index >= 15 is 0 Å². The maximum absolute atomic E-state index is 10.6. The van der Waals surface area contributed by atoms with Gasteiger partial charge in [-0.25, -0.2) is 4.79 Å². The molecule has 0 saturated heterocycles. The average Bonchev–Trinajstić information content (AvgIpc) is 2.85. The fourth-order valence-electron chi connectivity index (χ4n) is 2.07. The molecule has 0 aromatic carbocycles. The Labute approximate surface area is 111 Å². The Kier molecular flexibility index (Phi) is 3.29. The van der Waals surface area contributed by atoms with Gasteiger partial charge < -0.3 is 9.52 Å². The van der Waals surface area contributed by atoms with Crippen LogP contribution in [0.1, 0.15) is 24.1 Å². The minimum atomic E-state index is -0.982. The molecule has 0 aliphatic rings. The van der Waals surface area contributed by atoms with Gasteiger partial charge in [-0.05, 0) is 38.5 Å². The quantitative estimate of drug-likeness (QED) is 0.861. The van der Waals surface area contributed by atoms with Crippen LogP contribution in [0.2, 0.25) is 0 Å². The van der Waals surface area contributed by atoms with Crippen LogP contribution < -0.4 is 0 Å². The number of aryl methyl sites for hydroxylation is 2. The Morgan fingerprint density at radius 3 is 2.63 bits per heavy atom. The zero-order valence-electron chi connectivity index (χ0n) is 11.4. The van der Waals surface area contributed by atoms with Crippen molar-refractivity contribution >= 4 is 11.5 Å². The number of furan rings is 1. The zero-order chi connectivity index (χ0) is 14.2. The van der Waals surface area contributed by atoms with Gasteiger partial charge in [0.15, 0.2) is 0 Å². The molecule has 0 saturated carbocycles. The molecular weight excluding hydrogens is 244 g/mol. The van der Waals surface area contributed by atoms with E-state index in [4.69, 9.17) is 9.52 Å². The lowest BCUT2D eigenvalue weighted by molar-refractivity contribution is -0.131. The highest BCUT2D eigenvalue weighted by atomic mass is 16.4. The molecule has 100 valence electrons. The standard InChI is InChI=1S/C14H16N2O3/c1-8(7-13(17)18)11-5-6-12(19-11)14-9(2)15-16(4)10(14)3/h5-7H,1-4H3,(H,17,18)/b8-7+. The van der Waals surface area contributed by atoms with E-state index in [9.17, 15) is 4.79 Å². The number of rotatable bonds is 3. The highest BCUT2D eigenvalue weighted by Gasteiger charge is 2.15. The fourth-order valence-corrected chi connectivity index (χ4v) is 2.07. The van der Waals surface area contributed by atoms with Gasteiger partial charge in [-0.1, -0.05) is 0 Å². The van der Waals surface area contributed by atoms with Crippen molar-refractivity contribution in [3.05, 3.63) is 35.4 Å². The first-order valence-electron chi connectivity index (χ1n) is 5.92. The summed E-state index contributed by atoms with van der Waals surface area (Å²) in [7, 11) is 1.88. The zero-order valence-corrected chi connectivity index (χ0v) is 11.4. The summed E-state index contributed by atoms with van der Waals surface area (Å²) < 4.78 is 7.52. The fraction of sp³-hybridized carbons (Fsp3) is 0.286. The van der Waals surface area contributed by atoms with E-state index < -0.39 is 5.97 Å². The van der Waals surface area contributed by atoms with Crippen LogP contribution in [0.25, 0.3) is 16.9 Å². The molecule has 2 rings (SSSR count). The number of carboxylic acid groups (broad SMARTS) is 1. The molecule has 0 bridgehead atoms. The Balaban J connectivity index is 2.44. The normalized spacial score (nSPS) is 11.9. The molecule has 0 amide bonds. The Morgan fingerprint density at radius 1 is 1.42 bits per heavy atom. The van der Waals surface area contributed by atoms with Crippen LogP contribution in [0.4, 0.5) is 0 Å². The topological polar surface area (TPSA) is 68.3 Å². The van der Waals surface area contributed by atoms with Crippen molar-refractivity contribution in [2.45, 2.75) is 20.8 Å². The summed E-state index contributed by atoms with van der Waals surface area (Å²) in [6, 6.07) is 3.61. The molecule has 5 heteroatoms. The van der Waals surface area contributed by atoms with E-state index in [0.29, 0.717) is 17.1 Å². The number of hydrogen-bond donors (Lipinski definition) is 1. The first kappa shape index (κ1) is 13.1. The summed E-state index contributed by atoms with van der Waals surface area (Å²) >= 11 is 0. The highest BCUT2D eigenvalue weighted by Crippen LogP contribution is 2.30. The second-order valence-electron chi connectivity index (χ2n) is 4.50. The summed E-state index contributed by atoms with van der Waals surface area (Å²) in [6.07, 6.45) is 1.13. The molecule has 0 aliphatic carbocycles. The van der Waals surface area contributed by atoms with Crippen molar-refractivity contribution in [1.29, 1.82) is 0 Å². The summed E-state index contributed by atoms with van der Waals surface area (Å²) in [5, 5.41) is 13.1. The van der Waals surface area contributed by atoms with E-state index in [0.717, 1.165) is 23.0 Å². The molecule has 5 nitrogen and oxygen atoms in total. The molecule has 0 radical (unpaired) electrons. The highest BCUT2D eigenvalue weighted by molar-refractivity contribution is 5.88. The second-order valence-corrected chi connectivity index (χ2v) is 4.50. The first-order valence-corrected chi connectivity index (χ1v) is 5.92. The van der Waals surface area contributed by atoms with Crippen LogP contribution >= 0.6 is 0 Å². The van der Waals surface area contributed by atoms with Crippen molar-refractivity contribution in [3.63, 3.8) is 0 Å². The summed E-state index contributed by atoms with van der Waals surface area (Å²) in [5.74, 6) is 0.278. The van der Waals surface area contributed by atoms with Crippen molar-refractivity contribution in [1.82, 2.24) is 9.78 Å². The Morgan fingerprint density at radius 2 is 2.11 bits per heavy atom. The van der Waals surface area contributed by atoms with E-state index in [1.807, 2.05) is 27.0 Å². The molecular formula is C14H16N2O3. The van der Waals surface area contributed by atoms with Gasteiger partial charge in [-0.2, -0.15) is 5.10 Å². The van der Waals surface area contributed by atoms with Gasteiger partial charge in [0.25, 0.3) is 0 Å². The van der Waals surface area contributed by atoms with E-state index in [1.165, 1.54) is 0 Å². The monoisotopic (exact) mass is 260 g/mol. The maximum atomic E-state index is 10.6. The number of aromatic nitrogens is 2. The molecule has 1 N–H and O–H groups in total. The third kappa shape index (κ3) is 2.45. The predicted molar refractivity (Wildman–Crippen MR) is 71.7 cm³/mol. The molecule has 0 unspecified atom stereocenters. The van der Waals surface area contributed by atoms with Crippen molar-refractivity contribution in [2.24, 2.45) is 7.05 Å². The van der Waals surface area contributed by atoms with Crippen molar-refractivity contribution in [2.75, 3.05) is 0 Å². The molecule has 0 spiro atoms. The van der Waals surface area contributed by atoms with E-state index in [1.54, 1.807) is 17.7 Å². The van der Waals surface area contributed by atoms with Crippen LogP contribution in [0.5, 0.6) is 0 Å². The van der Waals surface area contributed by atoms with Crippen LogP contribution in [-0.4, -0.2) is 20.9 Å². The minimum absolute atomic E-state index is 0.556. The third-order valence-corrected chi connectivity index (χ3v) is 3.09. The van der Waals surface area contributed by atoms with Crippen LogP contribution in [0.15, 0.2) is 22.6 Å². The van der Waals surface area contributed by atoms with Gasteiger partial charge in [0, 0.05) is 18.8 Å². The van der Waals surface area contributed by atoms with Crippen molar-refractivity contribution in [3.8, 4) is 11.3 Å². The number of carboxylic acids is 1. The Hall–Kier alpha value is -2.30. The minimum Gasteiger partial charge on any atom is -0.478 e. The lowest BCUT2D eigenvalue weighted by Crippen LogP contribution is -1.92. The van der Waals surface area contributed by atoms with Gasteiger partial charge in [0.2, 0.25) is 0 Å². The van der Waals surface area contributed by atoms with Crippen LogP contribution in [0, 0.1) is 13.8 Å². The van der Waals surface area contributed by atoms with Gasteiger partial charge in [0.05, 0.1) is 11.3 Å². The Bertz CT molecular complexity index is 662. The molecule has 2 aromatic heterocycles. The number of hydrogen-bond acceptors (Lipinski definition) is 3. The van der Waals surface area contributed by atoms with Gasteiger partial charge in [-0.3, -0.25) is 4.68 Å². The SMILES string of the molecule is C/C(=C\C(=O)O)c1ccc(-c2c(C)nn(C)c2C)o1. The molecule has 2 heterocycles. The summed E-state index contributed by atoms with van der Waals surface area (Å²) in [5.41, 5.74) is 3.44. The smallest absolute Gasteiger partial charge is 0.328 e. The third-order valence-electron chi connectivity index (χ3n) is 3.09. The van der Waals surface area contributed by atoms with Gasteiger partial charge in [-0.15, -0.1) is 0 Å². The molecule has 2 aromatic rings. The average molecular weight is 260 g/mol. The number of aliphatic carboxylic acids is 1. The second kappa shape index (κ2) is 4.76. The summed E-state index contributed by atoms with van der Waals surface area (Å²) in [6.45, 7) is 5.60. The van der Waals surface area contributed by atoms with Crippen LogP contribution in [0.3, 0.4) is 0 Å². The lowest BCUT2D eigenvalue weighted by atomic mass is 10.1. The molecule has 19 heavy (non-hydrogen) atoms. The maximum Gasteiger partial charge on any atom is 0.328 e. The summed E-state index contributed by atoms with van der Waals surface area (Å²) in [4.78, 5) is 10.6. The number of nitrogens with zero attached hydrogens (tertiary/aromatic N) is 2. The molecule has 0 aliphatic heterocycles. The largest absolute Gasteiger partial charge is 0.478 e. The van der Waals surface area contributed by atoms with Crippen LogP contribution in [-0.2, 0) is 11.8 Å². The van der Waals surface area contributed by atoms with E-state index in [2.05, 4.69) is 5.10 Å². The molecule has 0 atom stereocenters. The molecule has 0 fully saturated rings. The number of carbonyl (C=O) groups is 1.